The molecule has 2 aliphatic rings. The molecule has 5 nitrogen and oxygen atoms in total. The Morgan fingerprint density at radius 1 is 1.04 bits per heavy atom. The third kappa shape index (κ3) is 4.22. The van der Waals surface area contributed by atoms with Crippen LogP contribution in [0.2, 0.25) is 0 Å². The van der Waals surface area contributed by atoms with Gasteiger partial charge in [-0.2, -0.15) is 0 Å². The Morgan fingerprint density at radius 3 is 2.71 bits per heavy atom. The summed E-state index contributed by atoms with van der Waals surface area (Å²) in [5.74, 6) is -0.511. The third-order valence-corrected chi connectivity index (χ3v) is 4.83. The summed E-state index contributed by atoms with van der Waals surface area (Å²) >= 11 is 0. The Kier molecular flexibility index (Phi) is 5.99. The van der Waals surface area contributed by atoms with Gasteiger partial charge in [0.15, 0.2) is 0 Å². The van der Waals surface area contributed by atoms with Gasteiger partial charge >= 0.3 is 0 Å². The highest BCUT2D eigenvalue weighted by atomic mass is 16.5. The zero-order chi connectivity index (χ0) is 16.8. The lowest BCUT2D eigenvalue weighted by Crippen LogP contribution is -2.38. The highest BCUT2D eigenvalue weighted by molar-refractivity contribution is 6.22. The number of ether oxygens (including phenoxy) is 1. The van der Waals surface area contributed by atoms with Crippen molar-refractivity contribution in [2.45, 2.75) is 51.0 Å². The molecule has 1 atom stereocenters. The molecule has 0 aliphatic carbocycles. The molecule has 0 saturated carbocycles. The van der Waals surface area contributed by atoms with Gasteiger partial charge in [0.05, 0.1) is 23.8 Å². The second-order valence-corrected chi connectivity index (χ2v) is 6.63. The van der Waals surface area contributed by atoms with Crippen LogP contribution >= 0.6 is 0 Å². The third-order valence-electron chi connectivity index (χ3n) is 4.83. The molecule has 0 spiro atoms. The number of hydrogen-bond acceptors (Lipinski definition) is 4. The van der Waals surface area contributed by atoms with Crippen molar-refractivity contribution in [1.29, 1.82) is 0 Å². The van der Waals surface area contributed by atoms with E-state index in [9.17, 15) is 9.59 Å². The summed E-state index contributed by atoms with van der Waals surface area (Å²) in [5, 5.41) is 5.74. The molecule has 2 aliphatic heterocycles. The van der Waals surface area contributed by atoms with Crippen LogP contribution in [0.3, 0.4) is 0 Å². The first kappa shape index (κ1) is 17.1. The van der Waals surface area contributed by atoms with E-state index in [0.29, 0.717) is 17.2 Å². The molecule has 1 aromatic carbocycles. The molecular formula is C19H26N2O3. The van der Waals surface area contributed by atoms with Gasteiger partial charge in [0.1, 0.15) is 0 Å². The van der Waals surface area contributed by atoms with Gasteiger partial charge in [-0.3, -0.25) is 14.9 Å². The molecule has 3 rings (SSSR count). The van der Waals surface area contributed by atoms with Gasteiger partial charge in [0.25, 0.3) is 11.8 Å². The Labute approximate surface area is 143 Å². The number of rotatable bonds is 8. The number of amides is 2. The van der Waals surface area contributed by atoms with Crippen molar-refractivity contribution < 1.29 is 14.3 Å². The molecule has 2 amide bonds. The fourth-order valence-corrected chi connectivity index (χ4v) is 3.52. The minimum absolute atomic E-state index is 0.244. The van der Waals surface area contributed by atoms with Crippen LogP contribution in [0.15, 0.2) is 18.2 Å². The predicted octanol–water partition coefficient (Wildman–Crippen LogP) is 2.44. The van der Waals surface area contributed by atoms with E-state index in [1.54, 1.807) is 6.07 Å². The SMILES string of the molecule is O=C1NC(=O)c2c(CCCCCCCC3CNCCO3)cccc21. The van der Waals surface area contributed by atoms with Gasteiger partial charge in [0.2, 0.25) is 0 Å². The van der Waals surface area contributed by atoms with Crippen molar-refractivity contribution in [2.24, 2.45) is 0 Å². The second kappa shape index (κ2) is 8.40. The monoisotopic (exact) mass is 330 g/mol. The van der Waals surface area contributed by atoms with E-state index in [1.165, 1.54) is 19.3 Å². The summed E-state index contributed by atoms with van der Waals surface area (Å²) in [6.45, 7) is 2.80. The lowest BCUT2D eigenvalue weighted by Gasteiger charge is -2.23. The molecule has 1 fully saturated rings. The van der Waals surface area contributed by atoms with Crippen molar-refractivity contribution in [3.05, 3.63) is 34.9 Å². The average Bonchev–Trinajstić information content (AvgIpc) is 2.90. The molecule has 2 N–H and O–H groups in total. The van der Waals surface area contributed by atoms with Crippen molar-refractivity contribution in [3.63, 3.8) is 0 Å². The van der Waals surface area contributed by atoms with Crippen LogP contribution in [0.5, 0.6) is 0 Å². The number of imide groups is 1. The van der Waals surface area contributed by atoms with E-state index in [1.807, 2.05) is 12.1 Å². The lowest BCUT2D eigenvalue weighted by molar-refractivity contribution is 0.0220. The van der Waals surface area contributed by atoms with Crippen molar-refractivity contribution >= 4 is 11.8 Å². The summed E-state index contributed by atoms with van der Waals surface area (Å²) in [7, 11) is 0. The molecule has 0 aromatic heterocycles. The zero-order valence-corrected chi connectivity index (χ0v) is 14.1. The Hall–Kier alpha value is -1.72. The van der Waals surface area contributed by atoms with Crippen molar-refractivity contribution in [1.82, 2.24) is 10.6 Å². The number of benzene rings is 1. The first-order chi connectivity index (χ1) is 11.8. The highest BCUT2D eigenvalue weighted by Gasteiger charge is 2.28. The van der Waals surface area contributed by atoms with Crippen LogP contribution in [0, 0.1) is 0 Å². The van der Waals surface area contributed by atoms with E-state index >= 15 is 0 Å². The summed E-state index contributed by atoms with van der Waals surface area (Å²) < 4.78 is 5.70. The van der Waals surface area contributed by atoms with E-state index in [4.69, 9.17) is 4.74 Å². The minimum Gasteiger partial charge on any atom is -0.376 e. The number of hydrogen-bond donors (Lipinski definition) is 2. The number of carbonyl (C=O) groups excluding carboxylic acids is 2. The molecule has 1 saturated heterocycles. The number of carbonyl (C=O) groups is 2. The molecule has 24 heavy (non-hydrogen) atoms. The standard InChI is InChI=1S/C19H26N2O3/c22-18-16-10-6-8-14(17(16)19(23)21-18)7-4-2-1-3-5-9-15-13-20-11-12-24-15/h6,8,10,15,20H,1-5,7,9,11-13H2,(H,21,22,23). The van der Waals surface area contributed by atoms with Gasteiger partial charge in [-0.1, -0.05) is 37.8 Å². The fraction of sp³-hybridized carbons (Fsp3) is 0.579. The highest BCUT2D eigenvalue weighted by Crippen LogP contribution is 2.22. The van der Waals surface area contributed by atoms with Crippen LogP contribution < -0.4 is 10.6 Å². The summed E-state index contributed by atoms with van der Waals surface area (Å²) in [4.78, 5) is 23.5. The number of nitrogens with one attached hydrogen (secondary N) is 2. The predicted molar refractivity (Wildman–Crippen MR) is 92.3 cm³/mol. The zero-order valence-electron chi connectivity index (χ0n) is 14.1. The fourth-order valence-electron chi connectivity index (χ4n) is 3.52. The Balaban J connectivity index is 1.34. The van der Waals surface area contributed by atoms with Crippen LogP contribution in [0.1, 0.15) is 64.8 Å². The maximum atomic E-state index is 11.9. The van der Waals surface area contributed by atoms with Gasteiger partial charge in [-0.05, 0) is 30.9 Å². The van der Waals surface area contributed by atoms with E-state index in [2.05, 4.69) is 10.6 Å². The average molecular weight is 330 g/mol. The molecule has 1 aromatic rings. The normalized spacial score (nSPS) is 20.1. The van der Waals surface area contributed by atoms with Gasteiger partial charge in [-0.15, -0.1) is 0 Å². The van der Waals surface area contributed by atoms with E-state index in [0.717, 1.165) is 50.9 Å². The second-order valence-electron chi connectivity index (χ2n) is 6.63. The van der Waals surface area contributed by atoms with Gasteiger partial charge in [-0.25, -0.2) is 0 Å². The smallest absolute Gasteiger partial charge is 0.259 e. The van der Waals surface area contributed by atoms with E-state index in [-0.39, 0.29) is 11.8 Å². The van der Waals surface area contributed by atoms with Crippen molar-refractivity contribution in [2.75, 3.05) is 19.7 Å². The largest absolute Gasteiger partial charge is 0.376 e. The van der Waals surface area contributed by atoms with E-state index < -0.39 is 0 Å². The first-order valence-corrected chi connectivity index (χ1v) is 9.05. The summed E-state index contributed by atoms with van der Waals surface area (Å²) in [5.41, 5.74) is 2.11. The quantitative estimate of drug-likeness (QED) is 0.567. The molecule has 1 unspecified atom stereocenters. The van der Waals surface area contributed by atoms with Crippen LogP contribution in [0.25, 0.3) is 0 Å². The molecule has 130 valence electrons. The summed E-state index contributed by atoms with van der Waals surface area (Å²) in [6.07, 6.45) is 8.25. The molecule has 5 heteroatoms. The molecule has 0 bridgehead atoms. The van der Waals surface area contributed by atoms with Crippen molar-refractivity contribution in [3.8, 4) is 0 Å². The lowest BCUT2D eigenvalue weighted by atomic mass is 9.97. The van der Waals surface area contributed by atoms with Gasteiger partial charge < -0.3 is 10.1 Å². The molecule has 2 heterocycles. The maximum Gasteiger partial charge on any atom is 0.259 e. The van der Waals surface area contributed by atoms with Crippen LogP contribution in [-0.2, 0) is 11.2 Å². The van der Waals surface area contributed by atoms with Crippen LogP contribution in [-0.4, -0.2) is 37.6 Å². The van der Waals surface area contributed by atoms with Crippen LogP contribution in [0.4, 0.5) is 0 Å². The first-order valence-electron chi connectivity index (χ1n) is 9.05. The number of unbranched alkanes of at least 4 members (excludes halogenated alkanes) is 4. The topological polar surface area (TPSA) is 67.4 Å². The molecular weight excluding hydrogens is 304 g/mol. The summed E-state index contributed by atoms with van der Waals surface area (Å²) in [6, 6.07) is 5.55. The number of fused-ring (bicyclic) bond motifs is 1. The number of morpholine rings is 1. The maximum absolute atomic E-state index is 11.9. The number of aryl methyl sites for hydroxylation is 1. The Morgan fingerprint density at radius 2 is 1.88 bits per heavy atom. The minimum atomic E-state index is -0.267. The molecule has 0 radical (unpaired) electrons. The Bertz CT molecular complexity index is 594. The van der Waals surface area contributed by atoms with Gasteiger partial charge in [0, 0.05) is 13.1 Å².